The van der Waals surface area contributed by atoms with Crippen LogP contribution in [-0.4, -0.2) is 26.8 Å². The summed E-state index contributed by atoms with van der Waals surface area (Å²) in [5.41, 5.74) is 5.01. The van der Waals surface area contributed by atoms with Crippen LogP contribution in [0, 0.1) is 0 Å². The van der Waals surface area contributed by atoms with E-state index in [9.17, 15) is 18.0 Å². The Hall–Kier alpha value is -2.58. The van der Waals surface area contributed by atoms with E-state index in [4.69, 9.17) is 22.1 Å². The molecule has 2 rings (SSSR count). The summed E-state index contributed by atoms with van der Waals surface area (Å²) in [7, 11) is -4.07. The highest BCUT2D eigenvalue weighted by atomic mass is 35.5. The predicted octanol–water partition coefficient (Wildman–Crippen LogP) is 1.32. The molecule has 2 aromatic carbocycles. The van der Waals surface area contributed by atoms with Crippen molar-refractivity contribution in [2.24, 2.45) is 5.73 Å². The highest BCUT2D eigenvalue weighted by Gasteiger charge is 2.19. The van der Waals surface area contributed by atoms with Gasteiger partial charge >= 0.3 is 0 Å². The molecule has 0 unspecified atom stereocenters. The van der Waals surface area contributed by atoms with E-state index >= 15 is 0 Å². The van der Waals surface area contributed by atoms with Gasteiger partial charge in [0, 0.05) is 10.6 Å². The molecule has 0 spiro atoms. The predicted molar refractivity (Wildman–Crippen MR) is 87.2 cm³/mol. The molecule has 2 amide bonds. The summed E-state index contributed by atoms with van der Waals surface area (Å²) in [4.78, 5) is 22.7. The summed E-state index contributed by atoms with van der Waals surface area (Å²) in [5, 5.41) is 0.229. The molecule has 24 heavy (non-hydrogen) atoms. The van der Waals surface area contributed by atoms with Crippen LogP contribution in [0.25, 0.3) is 0 Å². The zero-order chi connectivity index (χ0) is 17.7. The highest BCUT2D eigenvalue weighted by Crippen LogP contribution is 2.17. The molecular formula is C15H13ClN2O5S. The van der Waals surface area contributed by atoms with E-state index in [0.717, 1.165) is 0 Å². The lowest BCUT2D eigenvalue weighted by molar-refractivity contribution is -0.119. The van der Waals surface area contributed by atoms with E-state index in [1.807, 2.05) is 4.72 Å². The molecule has 2 aromatic rings. The molecule has 9 heteroatoms. The zero-order valence-electron chi connectivity index (χ0n) is 12.2. The van der Waals surface area contributed by atoms with Gasteiger partial charge in [0.05, 0.1) is 4.90 Å². The van der Waals surface area contributed by atoms with Crippen molar-refractivity contribution in [3.05, 3.63) is 59.1 Å². The summed E-state index contributed by atoms with van der Waals surface area (Å²) < 4.78 is 31.4. The lowest BCUT2D eigenvalue weighted by Gasteiger charge is -2.09. The number of hydrogen-bond acceptors (Lipinski definition) is 5. The number of ether oxygens (including phenoxy) is 1. The average Bonchev–Trinajstić information content (AvgIpc) is 2.53. The Labute approximate surface area is 143 Å². The molecule has 126 valence electrons. The molecule has 0 heterocycles. The molecule has 0 aromatic heterocycles. The number of sulfonamides is 1. The minimum atomic E-state index is -4.07. The monoisotopic (exact) mass is 368 g/mol. The van der Waals surface area contributed by atoms with Crippen LogP contribution < -0.4 is 15.2 Å². The first-order chi connectivity index (χ1) is 11.3. The quantitative estimate of drug-likeness (QED) is 0.797. The molecule has 0 saturated heterocycles. The molecular weight excluding hydrogens is 356 g/mol. The fourth-order valence-electron chi connectivity index (χ4n) is 1.76. The summed E-state index contributed by atoms with van der Waals surface area (Å²) in [6, 6.07) is 11.2. The van der Waals surface area contributed by atoms with Crippen LogP contribution in [0.3, 0.4) is 0 Å². The Morgan fingerprint density at radius 1 is 1.12 bits per heavy atom. The van der Waals surface area contributed by atoms with Crippen LogP contribution in [0.2, 0.25) is 5.02 Å². The van der Waals surface area contributed by atoms with E-state index in [0.29, 0.717) is 0 Å². The Morgan fingerprint density at radius 3 is 2.50 bits per heavy atom. The Bertz CT molecular complexity index is 883. The summed E-state index contributed by atoms with van der Waals surface area (Å²) in [6.45, 7) is -0.355. The third-order valence-electron chi connectivity index (χ3n) is 2.81. The van der Waals surface area contributed by atoms with Gasteiger partial charge in [-0.2, -0.15) is 0 Å². The van der Waals surface area contributed by atoms with Crippen molar-refractivity contribution in [3.63, 3.8) is 0 Å². The maximum Gasteiger partial charge on any atom is 0.265 e. The third-order valence-corrected chi connectivity index (χ3v) is 4.37. The van der Waals surface area contributed by atoms with Crippen molar-refractivity contribution in [1.82, 2.24) is 4.72 Å². The highest BCUT2D eigenvalue weighted by molar-refractivity contribution is 7.90. The van der Waals surface area contributed by atoms with E-state index in [1.165, 1.54) is 48.5 Å². The zero-order valence-corrected chi connectivity index (χ0v) is 13.8. The first-order valence-electron chi connectivity index (χ1n) is 6.62. The number of hydrogen-bond donors (Lipinski definition) is 2. The van der Waals surface area contributed by atoms with E-state index in [1.54, 1.807) is 0 Å². The molecule has 0 fully saturated rings. The van der Waals surface area contributed by atoms with Gasteiger partial charge in [0.15, 0.2) is 6.61 Å². The van der Waals surface area contributed by atoms with Crippen molar-refractivity contribution >= 4 is 33.4 Å². The number of benzene rings is 2. The number of nitrogens with two attached hydrogens (primary N) is 1. The molecule has 7 nitrogen and oxygen atoms in total. The van der Waals surface area contributed by atoms with Crippen LogP contribution in [0.4, 0.5) is 0 Å². The normalized spacial score (nSPS) is 10.9. The van der Waals surface area contributed by atoms with Gasteiger partial charge in [-0.05, 0) is 36.4 Å². The summed E-state index contributed by atoms with van der Waals surface area (Å²) in [6.07, 6.45) is 0. The first-order valence-corrected chi connectivity index (χ1v) is 8.48. The van der Waals surface area contributed by atoms with Gasteiger partial charge in [0.1, 0.15) is 5.75 Å². The SMILES string of the molecule is NC(=O)COc1cccc(C(=O)NS(=O)(=O)c2cccc(Cl)c2)c1. The van der Waals surface area contributed by atoms with Gasteiger partial charge < -0.3 is 10.5 Å². The van der Waals surface area contributed by atoms with Gasteiger partial charge in [-0.25, -0.2) is 13.1 Å². The van der Waals surface area contributed by atoms with Crippen molar-refractivity contribution < 1.29 is 22.7 Å². The first kappa shape index (κ1) is 17.8. The maximum absolute atomic E-state index is 12.2. The number of carbonyl (C=O) groups is 2. The Kier molecular flexibility index (Phi) is 5.42. The second-order valence-electron chi connectivity index (χ2n) is 4.67. The number of halogens is 1. The molecule has 0 radical (unpaired) electrons. The van der Waals surface area contributed by atoms with Gasteiger partial charge in [-0.1, -0.05) is 23.7 Å². The molecule has 3 N–H and O–H groups in total. The van der Waals surface area contributed by atoms with E-state index in [-0.39, 0.29) is 27.8 Å². The van der Waals surface area contributed by atoms with Crippen LogP contribution in [0.1, 0.15) is 10.4 Å². The summed E-state index contributed by atoms with van der Waals surface area (Å²) in [5.74, 6) is -1.31. The second kappa shape index (κ2) is 7.33. The average molecular weight is 369 g/mol. The van der Waals surface area contributed by atoms with Crippen LogP contribution >= 0.6 is 11.6 Å². The van der Waals surface area contributed by atoms with Crippen LogP contribution in [0.5, 0.6) is 5.75 Å². The molecule has 0 aliphatic carbocycles. The third kappa shape index (κ3) is 4.71. The molecule has 0 aliphatic heterocycles. The van der Waals surface area contributed by atoms with Crippen molar-refractivity contribution in [3.8, 4) is 5.75 Å². The molecule has 0 atom stereocenters. The van der Waals surface area contributed by atoms with Crippen molar-refractivity contribution in [1.29, 1.82) is 0 Å². The minimum absolute atomic E-state index is 0.0440. The van der Waals surface area contributed by atoms with Crippen molar-refractivity contribution in [2.75, 3.05) is 6.61 Å². The fraction of sp³-hybridized carbons (Fsp3) is 0.0667. The van der Waals surface area contributed by atoms with E-state index in [2.05, 4.69) is 0 Å². The van der Waals surface area contributed by atoms with Gasteiger partial charge in [0.25, 0.3) is 21.8 Å². The Morgan fingerprint density at radius 2 is 1.83 bits per heavy atom. The number of carbonyl (C=O) groups excluding carboxylic acids is 2. The van der Waals surface area contributed by atoms with Crippen LogP contribution in [-0.2, 0) is 14.8 Å². The lowest BCUT2D eigenvalue weighted by Crippen LogP contribution is -2.30. The van der Waals surface area contributed by atoms with Gasteiger partial charge in [-0.3, -0.25) is 9.59 Å². The van der Waals surface area contributed by atoms with Crippen LogP contribution in [0.15, 0.2) is 53.4 Å². The Balaban J connectivity index is 2.17. The van der Waals surface area contributed by atoms with Gasteiger partial charge in [0.2, 0.25) is 0 Å². The molecule has 0 bridgehead atoms. The standard InChI is InChI=1S/C15H13ClN2O5S/c16-11-4-2-6-13(8-11)24(21,22)18-15(20)10-3-1-5-12(7-10)23-9-14(17)19/h1-8H,9H2,(H2,17,19)(H,18,20). The van der Waals surface area contributed by atoms with Gasteiger partial charge in [-0.15, -0.1) is 0 Å². The fourth-order valence-corrected chi connectivity index (χ4v) is 3.03. The van der Waals surface area contributed by atoms with Crippen molar-refractivity contribution in [2.45, 2.75) is 4.90 Å². The topological polar surface area (TPSA) is 116 Å². The number of amides is 2. The number of primary amides is 1. The minimum Gasteiger partial charge on any atom is -0.484 e. The number of nitrogens with one attached hydrogen (secondary N) is 1. The molecule has 0 aliphatic rings. The molecule has 0 saturated carbocycles. The number of rotatable bonds is 6. The lowest BCUT2D eigenvalue weighted by atomic mass is 10.2. The maximum atomic E-state index is 12.2. The second-order valence-corrected chi connectivity index (χ2v) is 6.79. The van der Waals surface area contributed by atoms with E-state index < -0.39 is 21.8 Å². The smallest absolute Gasteiger partial charge is 0.265 e. The summed E-state index contributed by atoms with van der Waals surface area (Å²) >= 11 is 5.75. The largest absolute Gasteiger partial charge is 0.484 e.